The largest absolute Gasteiger partial charge is 0.487 e. The summed E-state index contributed by atoms with van der Waals surface area (Å²) in [5, 5.41) is 4.03. The smallest absolute Gasteiger partial charge is 0.138 e. The van der Waals surface area contributed by atoms with Crippen molar-refractivity contribution in [2.24, 2.45) is 0 Å². The SMILES string of the molecule is CCNC(C)c1ccc(OCc2ccc(I)cc2)c(Cl)c1. The van der Waals surface area contributed by atoms with Crippen LogP contribution in [0.25, 0.3) is 0 Å². The van der Waals surface area contributed by atoms with Gasteiger partial charge in [0, 0.05) is 9.61 Å². The average Bonchev–Trinajstić information content (AvgIpc) is 2.48. The first-order valence-electron chi connectivity index (χ1n) is 7.00. The molecule has 0 amide bonds. The van der Waals surface area contributed by atoms with Crippen LogP contribution >= 0.6 is 34.2 Å². The summed E-state index contributed by atoms with van der Waals surface area (Å²) in [4.78, 5) is 0. The summed E-state index contributed by atoms with van der Waals surface area (Å²) in [6, 6.07) is 14.5. The molecule has 21 heavy (non-hydrogen) atoms. The van der Waals surface area contributed by atoms with E-state index in [4.69, 9.17) is 16.3 Å². The fraction of sp³-hybridized carbons (Fsp3) is 0.294. The lowest BCUT2D eigenvalue weighted by atomic mass is 10.1. The first kappa shape index (κ1) is 16.6. The van der Waals surface area contributed by atoms with Crippen molar-refractivity contribution in [1.29, 1.82) is 0 Å². The van der Waals surface area contributed by atoms with E-state index in [-0.39, 0.29) is 6.04 Å². The van der Waals surface area contributed by atoms with Gasteiger partial charge in [-0.3, -0.25) is 0 Å². The molecule has 1 unspecified atom stereocenters. The quantitative estimate of drug-likeness (QED) is 0.655. The molecule has 0 fully saturated rings. The van der Waals surface area contributed by atoms with E-state index in [1.807, 2.05) is 12.1 Å². The Morgan fingerprint density at radius 2 is 1.90 bits per heavy atom. The molecule has 1 N–H and O–H groups in total. The van der Waals surface area contributed by atoms with Crippen molar-refractivity contribution in [3.63, 3.8) is 0 Å². The van der Waals surface area contributed by atoms with Crippen molar-refractivity contribution in [3.05, 3.63) is 62.2 Å². The highest BCUT2D eigenvalue weighted by atomic mass is 127. The van der Waals surface area contributed by atoms with Gasteiger partial charge in [-0.2, -0.15) is 0 Å². The number of ether oxygens (including phenoxy) is 1. The van der Waals surface area contributed by atoms with Crippen molar-refractivity contribution in [2.45, 2.75) is 26.5 Å². The summed E-state index contributed by atoms with van der Waals surface area (Å²) >= 11 is 8.60. The molecular weight excluding hydrogens is 397 g/mol. The van der Waals surface area contributed by atoms with Crippen molar-refractivity contribution >= 4 is 34.2 Å². The number of benzene rings is 2. The van der Waals surface area contributed by atoms with Crippen molar-refractivity contribution < 1.29 is 4.74 Å². The second-order valence-electron chi connectivity index (χ2n) is 4.88. The third-order valence-corrected chi connectivity index (χ3v) is 4.29. The van der Waals surface area contributed by atoms with Crippen LogP contribution in [0.1, 0.15) is 31.0 Å². The molecule has 0 saturated carbocycles. The molecule has 0 aliphatic heterocycles. The van der Waals surface area contributed by atoms with Gasteiger partial charge in [-0.25, -0.2) is 0 Å². The first-order valence-corrected chi connectivity index (χ1v) is 8.46. The molecule has 2 rings (SSSR count). The Morgan fingerprint density at radius 3 is 2.52 bits per heavy atom. The molecule has 2 aromatic rings. The molecule has 112 valence electrons. The maximum atomic E-state index is 6.31. The minimum absolute atomic E-state index is 0.290. The minimum atomic E-state index is 0.290. The zero-order chi connectivity index (χ0) is 15.2. The van der Waals surface area contributed by atoms with E-state index in [2.05, 4.69) is 72.1 Å². The Morgan fingerprint density at radius 1 is 1.19 bits per heavy atom. The van der Waals surface area contributed by atoms with Gasteiger partial charge in [0.15, 0.2) is 0 Å². The topological polar surface area (TPSA) is 21.3 Å². The summed E-state index contributed by atoms with van der Waals surface area (Å²) in [6.45, 7) is 5.68. The molecule has 2 nitrogen and oxygen atoms in total. The number of hydrogen-bond acceptors (Lipinski definition) is 2. The van der Waals surface area contributed by atoms with Gasteiger partial charge in [-0.05, 0) is 71.5 Å². The van der Waals surface area contributed by atoms with Crippen LogP contribution < -0.4 is 10.1 Å². The summed E-state index contributed by atoms with van der Waals surface area (Å²) < 4.78 is 7.02. The normalized spacial score (nSPS) is 12.2. The zero-order valence-electron chi connectivity index (χ0n) is 12.2. The number of nitrogens with one attached hydrogen (secondary N) is 1. The van der Waals surface area contributed by atoms with Gasteiger partial charge in [-0.1, -0.05) is 36.7 Å². The van der Waals surface area contributed by atoms with E-state index in [1.54, 1.807) is 0 Å². The summed E-state index contributed by atoms with van der Waals surface area (Å²) in [5.74, 6) is 0.725. The summed E-state index contributed by atoms with van der Waals surface area (Å²) in [5.41, 5.74) is 2.31. The van der Waals surface area contributed by atoms with Crippen molar-refractivity contribution in [2.75, 3.05) is 6.54 Å². The third-order valence-electron chi connectivity index (χ3n) is 3.27. The van der Waals surface area contributed by atoms with Crippen LogP contribution in [-0.4, -0.2) is 6.54 Å². The van der Waals surface area contributed by atoms with Gasteiger partial charge in [0.1, 0.15) is 12.4 Å². The van der Waals surface area contributed by atoms with E-state index in [0.29, 0.717) is 11.6 Å². The standard InChI is InChI=1S/C17H19ClINO/c1-3-20-12(2)14-6-9-17(16(18)10-14)21-11-13-4-7-15(19)8-5-13/h4-10,12,20H,3,11H2,1-2H3. The van der Waals surface area contributed by atoms with Crippen LogP contribution in [0.15, 0.2) is 42.5 Å². The second-order valence-corrected chi connectivity index (χ2v) is 6.54. The lowest BCUT2D eigenvalue weighted by molar-refractivity contribution is 0.306. The molecule has 4 heteroatoms. The number of hydrogen-bond donors (Lipinski definition) is 1. The van der Waals surface area contributed by atoms with E-state index in [9.17, 15) is 0 Å². The molecule has 2 aromatic carbocycles. The molecule has 0 aliphatic rings. The molecule has 0 radical (unpaired) electrons. The number of rotatable bonds is 6. The Bertz CT molecular complexity index is 586. The minimum Gasteiger partial charge on any atom is -0.487 e. The van der Waals surface area contributed by atoms with Gasteiger partial charge in [0.05, 0.1) is 5.02 Å². The fourth-order valence-corrected chi connectivity index (χ4v) is 2.67. The second kappa shape index (κ2) is 8.01. The van der Waals surface area contributed by atoms with Crippen molar-refractivity contribution in [1.82, 2.24) is 5.32 Å². The Balaban J connectivity index is 2.02. The highest BCUT2D eigenvalue weighted by Crippen LogP contribution is 2.28. The average molecular weight is 416 g/mol. The highest BCUT2D eigenvalue weighted by molar-refractivity contribution is 14.1. The van der Waals surface area contributed by atoms with E-state index < -0.39 is 0 Å². The van der Waals surface area contributed by atoms with Crippen LogP contribution in [0.2, 0.25) is 5.02 Å². The Hall–Kier alpha value is -0.780. The van der Waals surface area contributed by atoms with Gasteiger partial charge < -0.3 is 10.1 Å². The van der Waals surface area contributed by atoms with Crippen molar-refractivity contribution in [3.8, 4) is 5.75 Å². The maximum Gasteiger partial charge on any atom is 0.138 e. The molecule has 0 aromatic heterocycles. The Labute approximate surface area is 145 Å². The molecule has 0 bridgehead atoms. The third kappa shape index (κ3) is 4.87. The fourth-order valence-electron chi connectivity index (χ4n) is 2.07. The van der Waals surface area contributed by atoms with Gasteiger partial charge in [0.2, 0.25) is 0 Å². The van der Waals surface area contributed by atoms with Crippen LogP contribution in [0, 0.1) is 3.57 Å². The van der Waals surface area contributed by atoms with E-state index in [0.717, 1.165) is 17.9 Å². The molecule has 0 aliphatic carbocycles. The molecule has 0 spiro atoms. The molecular formula is C17H19ClINO. The number of halogens is 2. The summed E-state index contributed by atoms with van der Waals surface area (Å²) in [6.07, 6.45) is 0. The van der Waals surface area contributed by atoms with E-state index in [1.165, 1.54) is 9.13 Å². The molecule has 1 atom stereocenters. The monoisotopic (exact) mass is 415 g/mol. The van der Waals surface area contributed by atoms with Crippen LogP contribution in [-0.2, 0) is 6.61 Å². The predicted octanol–water partition coefficient (Wildman–Crippen LogP) is 5.19. The summed E-state index contributed by atoms with van der Waals surface area (Å²) in [7, 11) is 0. The van der Waals surface area contributed by atoms with Gasteiger partial charge >= 0.3 is 0 Å². The first-order chi connectivity index (χ1) is 10.1. The van der Waals surface area contributed by atoms with E-state index >= 15 is 0 Å². The van der Waals surface area contributed by atoms with Crippen LogP contribution in [0.3, 0.4) is 0 Å². The molecule has 0 saturated heterocycles. The van der Waals surface area contributed by atoms with Gasteiger partial charge in [-0.15, -0.1) is 0 Å². The van der Waals surface area contributed by atoms with Crippen LogP contribution in [0.5, 0.6) is 5.75 Å². The molecule has 0 heterocycles. The lowest BCUT2D eigenvalue weighted by Crippen LogP contribution is -2.17. The lowest BCUT2D eigenvalue weighted by Gasteiger charge is -2.15. The Kier molecular flexibility index (Phi) is 6.33. The van der Waals surface area contributed by atoms with Gasteiger partial charge in [0.25, 0.3) is 0 Å². The maximum absolute atomic E-state index is 6.31. The van der Waals surface area contributed by atoms with Crippen LogP contribution in [0.4, 0.5) is 0 Å². The highest BCUT2D eigenvalue weighted by Gasteiger charge is 2.08. The predicted molar refractivity (Wildman–Crippen MR) is 97.0 cm³/mol. The zero-order valence-corrected chi connectivity index (χ0v) is 15.1.